The summed E-state index contributed by atoms with van der Waals surface area (Å²) in [6.07, 6.45) is 3.65. The molecule has 0 radical (unpaired) electrons. The number of benzene rings is 1. The van der Waals surface area contributed by atoms with Gasteiger partial charge in [0, 0.05) is 19.0 Å². The molecule has 0 amide bonds. The van der Waals surface area contributed by atoms with Gasteiger partial charge in [-0.1, -0.05) is 36.2 Å². The van der Waals surface area contributed by atoms with Gasteiger partial charge in [-0.2, -0.15) is 5.10 Å². The molecule has 0 spiro atoms. The van der Waals surface area contributed by atoms with E-state index in [1.165, 1.54) is 16.7 Å². The Morgan fingerprint density at radius 2 is 1.86 bits per heavy atom. The van der Waals surface area contributed by atoms with Crippen molar-refractivity contribution in [3.8, 4) is 0 Å². The summed E-state index contributed by atoms with van der Waals surface area (Å²) in [5.74, 6) is 1.05. The fourth-order valence-electron chi connectivity index (χ4n) is 2.73. The number of hydrogen-bond donors (Lipinski definition) is 1. The highest BCUT2D eigenvalue weighted by molar-refractivity contribution is 5.31. The summed E-state index contributed by atoms with van der Waals surface area (Å²) in [5.41, 5.74) is 3.96. The van der Waals surface area contributed by atoms with E-state index >= 15 is 0 Å². The van der Waals surface area contributed by atoms with Crippen LogP contribution in [-0.2, 0) is 13.0 Å². The van der Waals surface area contributed by atoms with E-state index < -0.39 is 0 Å². The van der Waals surface area contributed by atoms with Crippen LogP contribution in [-0.4, -0.2) is 21.3 Å². The minimum Gasteiger partial charge on any atom is -0.310 e. The predicted molar refractivity (Wildman–Crippen MR) is 86.4 cm³/mol. The van der Waals surface area contributed by atoms with Gasteiger partial charge in [-0.3, -0.25) is 4.68 Å². The van der Waals surface area contributed by atoms with Crippen LogP contribution in [0, 0.1) is 13.8 Å². The van der Waals surface area contributed by atoms with Gasteiger partial charge < -0.3 is 5.32 Å². The van der Waals surface area contributed by atoms with E-state index in [1.54, 1.807) is 6.33 Å². The van der Waals surface area contributed by atoms with Crippen LogP contribution >= 0.6 is 0 Å². The van der Waals surface area contributed by atoms with Gasteiger partial charge in [0.05, 0.1) is 0 Å². The van der Waals surface area contributed by atoms with Crippen molar-refractivity contribution in [1.82, 2.24) is 20.1 Å². The Bertz CT molecular complexity index is 554. The highest BCUT2D eigenvalue weighted by Gasteiger charge is 2.15. The molecule has 4 nitrogen and oxygen atoms in total. The number of nitrogens with zero attached hydrogens (tertiary/aromatic N) is 3. The Morgan fingerprint density at radius 1 is 1.14 bits per heavy atom. The van der Waals surface area contributed by atoms with E-state index in [0.29, 0.717) is 0 Å². The molecule has 0 saturated heterocycles. The number of nitrogens with one attached hydrogen (secondary N) is 1. The van der Waals surface area contributed by atoms with Crippen LogP contribution in [0.5, 0.6) is 0 Å². The quantitative estimate of drug-likeness (QED) is 0.850. The highest BCUT2D eigenvalue weighted by atomic mass is 15.3. The summed E-state index contributed by atoms with van der Waals surface area (Å²) in [5, 5.41) is 7.92. The first-order valence-corrected chi connectivity index (χ1v) is 7.82. The van der Waals surface area contributed by atoms with E-state index in [4.69, 9.17) is 0 Å². The van der Waals surface area contributed by atoms with Gasteiger partial charge in [-0.05, 0) is 39.3 Å². The molecule has 0 aliphatic rings. The van der Waals surface area contributed by atoms with Gasteiger partial charge in [0.1, 0.15) is 12.2 Å². The van der Waals surface area contributed by atoms with E-state index in [-0.39, 0.29) is 6.04 Å². The topological polar surface area (TPSA) is 42.7 Å². The van der Waals surface area contributed by atoms with Gasteiger partial charge in [0.2, 0.25) is 0 Å². The molecular formula is C17H26N4. The molecule has 1 unspecified atom stereocenters. The third kappa shape index (κ3) is 4.14. The van der Waals surface area contributed by atoms with Crippen LogP contribution in [0.25, 0.3) is 0 Å². The molecule has 0 saturated carbocycles. The molecule has 114 valence electrons. The average molecular weight is 286 g/mol. The molecule has 0 bridgehead atoms. The van der Waals surface area contributed by atoms with Crippen LogP contribution in [0.4, 0.5) is 0 Å². The number of aromatic nitrogens is 3. The lowest BCUT2D eigenvalue weighted by Gasteiger charge is -2.20. The summed E-state index contributed by atoms with van der Waals surface area (Å²) in [6.45, 7) is 10.5. The second-order valence-electron chi connectivity index (χ2n) is 5.62. The zero-order chi connectivity index (χ0) is 15.2. The second kappa shape index (κ2) is 7.36. The summed E-state index contributed by atoms with van der Waals surface area (Å²) >= 11 is 0. The molecule has 1 N–H and O–H groups in total. The SMILES string of the molecule is CCCNC(Cc1ncnn1CC)c1cc(C)cc(C)c1. The van der Waals surface area contributed by atoms with Gasteiger partial charge in [0.15, 0.2) is 0 Å². The summed E-state index contributed by atoms with van der Waals surface area (Å²) in [7, 11) is 0. The zero-order valence-electron chi connectivity index (χ0n) is 13.6. The van der Waals surface area contributed by atoms with Crippen molar-refractivity contribution in [3.05, 3.63) is 47.0 Å². The second-order valence-corrected chi connectivity index (χ2v) is 5.62. The maximum atomic E-state index is 4.42. The Balaban J connectivity index is 2.25. The molecule has 2 rings (SSSR count). The number of hydrogen-bond acceptors (Lipinski definition) is 3. The molecule has 0 aliphatic heterocycles. The van der Waals surface area contributed by atoms with E-state index in [2.05, 4.69) is 61.3 Å². The molecule has 21 heavy (non-hydrogen) atoms. The first-order valence-electron chi connectivity index (χ1n) is 7.82. The van der Waals surface area contributed by atoms with E-state index in [9.17, 15) is 0 Å². The van der Waals surface area contributed by atoms with Crippen molar-refractivity contribution in [2.45, 2.75) is 53.1 Å². The largest absolute Gasteiger partial charge is 0.310 e. The Morgan fingerprint density at radius 3 is 2.48 bits per heavy atom. The van der Waals surface area contributed by atoms with E-state index in [0.717, 1.165) is 31.8 Å². The monoisotopic (exact) mass is 286 g/mol. The van der Waals surface area contributed by atoms with Crippen LogP contribution in [0.15, 0.2) is 24.5 Å². The maximum Gasteiger partial charge on any atom is 0.138 e. The molecule has 0 aliphatic carbocycles. The van der Waals surface area contributed by atoms with Gasteiger partial charge >= 0.3 is 0 Å². The molecule has 1 atom stereocenters. The lowest BCUT2D eigenvalue weighted by Crippen LogP contribution is -2.25. The zero-order valence-corrected chi connectivity index (χ0v) is 13.6. The van der Waals surface area contributed by atoms with Crippen molar-refractivity contribution < 1.29 is 0 Å². The summed E-state index contributed by atoms with van der Waals surface area (Å²) in [6, 6.07) is 7.05. The minimum absolute atomic E-state index is 0.290. The third-order valence-electron chi connectivity index (χ3n) is 3.67. The van der Waals surface area contributed by atoms with Crippen molar-refractivity contribution in [2.24, 2.45) is 0 Å². The minimum atomic E-state index is 0.290. The molecule has 1 aromatic heterocycles. The Kier molecular flexibility index (Phi) is 5.51. The molecule has 4 heteroatoms. The fraction of sp³-hybridized carbons (Fsp3) is 0.529. The van der Waals surface area contributed by atoms with Crippen LogP contribution in [0.3, 0.4) is 0 Å². The summed E-state index contributed by atoms with van der Waals surface area (Å²) < 4.78 is 1.98. The lowest BCUT2D eigenvalue weighted by molar-refractivity contribution is 0.496. The van der Waals surface area contributed by atoms with Gasteiger partial charge in [-0.15, -0.1) is 0 Å². The fourth-order valence-corrected chi connectivity index (χ4v) is 2.73. The highest BCUT2D eigenvalue weighted by Crippen LogP contribution is 2.20. The first-order chi connectivity index (χ1) is 10.1. The van der Waals surface area contributed by atoms with Crippen molar-refractivity contribution in [1.29, 1.82) is 0 Å². The standard InChI is InChI=1S/C17H26N4/c1-5-7-18-16(11-17-19-12-20-21(17)6-2)15-9-13(3)8-14(4)10-15/h8-10,12,16,18H,5-7,11H2,1-4H3. The van der Waals surface area contributed by atoms with Crippen molar-refractivity contribution in [2.75, 3.05) is 6.54 Å². The Labute approximate surface area is 127 Å². The maximum absolute atomic E-state index is 4.42. The van der Waals surface area contributed by atoms with E-state index in [1.807, 2.05) is 4.68 Å². The molecule has 2 aromatic rings. The van der Waals surface area contributed by atoms with Crippen LogP contribution < -0.4 is 5.32 Å². The normalized spacial score (nSPS) is 12.6. The summed E-state index contributed by atoms with van der Waals surface area (Å²) in [4.78, 5) is 4.42. The van der Waals surface area contributed by atoms with Crippen molar-refractivity contribution in [3.63, 3.8) is 0 Å². The van der Waals surface area contributed by atoms with Crippen molar-refractivity contribution >= 4 is 0 Å². The molecule has 1 aromatic carbocycles. The van der Waals surface area contributed by atoms with Crippen LogP contribution in [0.2, 0.25) is 0 Å². The average Bonchev–Trinajstić information content (AvgIpc) is 2.89. The number of rotatable bonds is 7. The van der Waals surface area contributed by atoms with Gasteiger partial charge in [0.25, 0.3) is 0 Å². The predicted octanol–water partition coefficient (Wildman–Crippen LogP) is 3.20. The van der Waals surface area contributed by atoms with Gasteiger partial charge in [-0.25, -0.2) is 4.98 Å². The molecule has 1 heterocycles. The third-order valence-corrected chi connectivity index (χ3v) is 3.67. The smallest absolute Gasteiger partial charge is 0.138 e. The Hall–Kier alpha value is -1.68. The van der Waals surface area contributed by atoms with Crippen LogP contribution in [0.1, 0.15) is 48.8 Å². The molecular weight excluding hydrogens is 260 g/mol. The lowest BCUT2D eigenvalue weighted by atomic mass is 9.98. The first kappa shape index (κ1) is 15.7. The molecule has 0 fully saturated rings. The number of aryl methyl sites for hydroxylation is 3.